The van der Waals surface area contributed by atoms with E-state index in [4.69, 9.17) is 4.74 Å². The Morgan fingerprint density at radius 2 is 1.84 bits per heavy atom. The van der Waals surface area contributed by atoms with Crippen LogP contribution in [0.2, 0.25) is 0 Å². The minimum absolute atomic E-state index is 0.290. The number of hydrogen-bond donors (Lipinski definition) is 1. The molecular formula is C18H30N4O3. The van der Waals surface area contributed by atoms with E-state index < -0.39 is 0 Å². The number of aryl methyl sites for hydroxylation is 2. The predicted octanol–water partition coefficient (Wildman–Crippen LogP) is 0.422. The summed E-state index contributed by atoms with van der Waals surface area (Å²) >= 11 is 0. The van der Waals surface area contributed by atoms with Crippen LogP contribution in [0.15, 0.2) is 15.8 Å². The van der Waals surface area contributed by atoms with Crippen LogP contribution in [0.25, 0.3) is 0 Å². The highest BCUT2D eigenvalue weighted by atomic mass is 16.5. The van der Waals surface area contributed by atoms with E-state index >= 15 is 0 Å². The molecule has 7 heteroatoms. The summed E-state index contributed by atoms with van der Waals surface area (Å²) in [5.74, 6) is 0. The Morgan fingerprint density at radius 1 is 1.12 bits per heavy atom. The standard InChI is InChI=1S/C18H30N4O3/c1-15-13-22(18(24)19-17(15)23)7-3-2-6-20-8-10-21(11-9-20)14-16-5-4-12-25-16/h13,16H,2-12,14H2,1H3,(H,19,23,24). The van der Waals surface area contributed by atoms with E-state index in [0.717, 1.165) is 58.7 Å². The van der Waals surface area contributed by atoms with Crippen molar-refractivity contribution in [1.82, 2.24) is 19.4 Å². The molecule has 0 amide bonds. The van der Waals surface area contributed by atoms with Gasteiger partial charge in [-0.3, -0.25) is 14.7 Å². The number of nitrogens with one attached hydrogen (secondary N) is 1. The summed E-state index contributed by atoms with van der Waals surface area (Å²) in [5.41, 5.74) is -0.0116. The Bertz CT molecular complexity index is 655. The fourth-order valence-electron chi connectivity index (χ4n) is 3.67. The Kier molecular flexibility index (Phi) is 6.45. The minimum atomic E-state index is -0.307. The molecule has 1 unspecified atom stereocenters. The van der Waals surface area contributed by atoms with Crippen molar-refractivity contribution in [3.05, 3.63) is 32.6 Å². The van der Waals surface area contributed by atoms with E-state index in [-0.39, 0.29) is 11.2 Å². The van der Waals surface area contributed by atoms with Gasteiger partial charge in [-0.1, -0.05) is 0 Å². The third kappa shape index (κ3) is 5.26. The van der Waals surface area contributed by atoms with Gasteiger partial charge in [0.05, 0.1) is 6.10 Å². The van der Waals surface area contributed by atoms with Gasteiger partial charge in [0, 0.05) is 57.6 Å². The lowest BCUT2D eigenvalue weighted by atomic mass is 10.2. The SMILES string of the molecule is Cc1cn(CCCCN2CCN(CC3CCCO3)CC2)c(=O)[nH]c1=O. The highest BCUT2D eigenvalue weighted by Gasteiger charge is 2.22. The lowest BCUT2D eigenvalue weighted by molar-refractivity contribution is 0.0501. The van der Waals surface area contributed by atoms with Gasteiger partial charge < -0.3 is 14.2 Å². The lowest BCUT2D eigenvalue weighted by Crippen LogP contribution is -2.48. The maximum atomic E-state index is 11.7. The van der Waals surface area contributed by atoms with Gasteiger partial charge in [0.25, 0.3) is 5.56 Å². The van der Waals surface area contributed by atoms with Gasteiger partial charge in [0.2, 0.25) is 0 Å². The highest BCUT2D eigenvalue weighted by molar-refractivity contribution is 5.00. The summed E-state index contributed by atoms with van der Waals surface area (Å²) in [7, 11) is 0. The first-order valence-corrected chi connectivity index (χ1v) is 9.48. The Labute approximate surface area is 148 Å². The number of ether oxygens (including phenoxy) is 1. The number of rotatable bonds is 7. The van der Waals surface area contributed by atoms with Crippen molar-refractivity contribution in [2.24, 2.45) is 0 Å². The van der Waals surface area contributed by atoms with Gasteiger partial charge in [-0.2, -0.15) is 0 Å². The van der Waals surface area contributed by atoms with Gasteiger partial charge >= 0.3 is 5.69 Å². The second-order valence-corrected chi connectivity index (χ2v) is 7.25. The summed E-state index contributed by atoms with van der Waals surface area (Å²) in [6.07, 6.45) is 6.54. The number of hydrogen-bond acceptors (Lipinski definition) is 5. The van der Waals surface area contributed by atoms with Crippen molar-refractivity contribution in [1.29, 1.82) is 0 Å². The molecule has 0 radical (unpaired) electrons. The molecule has 1 atom stereocenters. The second kappa shape index (κ2) is 8.78. The first kappa shape index (κ1) is 18.4. The van der Waals surface area contributed by atoms with Gasteiger partial charge in [-0.05, 0) is 39.2 Å². The molecule has 2 aliphatic rings. The number of piperazine rings is 1. The van der Waals surface area contributed by atoms with Crippen LogP contribution in [0.1, 0.15) is 31.2 Å². The van der Waals surface area contributed by atoms with Crippen LogP contribution in [0.4, 0.5) is 0 Å². The molecule has 2 fully saturated rings. The zero-order valence-electron chi connectivity index (χ0n) is 15.2. The zero-order valence-corrected chi connectivity index (χ0v) is 15.2. The molecule has 3 heterocycles. The number of aromatic nitrogens is 2. The quantitative estimate of drug-likeness (QED) is 0.722. The van der Waals surface area contributed by atoms with Gasteiger partial charge in [0.15, 0.2) is 0 Å². The molecule has 0 aromatic carbocycles. The first-order valence-electron chi connectivity index (χ1n) is 9.48. The second-order valence-electron chi connectivity index (χ2n) is 7.25. The van der Waals surface area contributed by atoms with Crippen molar-refractivity contribution in [3.8, 4) is 0 Å². The lowest BCUT2D eigenvalue weighted by Gasteiger charge is -2.35. The van der Waals surface area contributed by atoms with Crippen LogP contribution in [0.5, 0.6) is 0 Å². The maximum absolute atomic E-state index is 11.7. The van der Waals surface area contributed by atoms with E-state index in [1.807, 2.05) is 0 Å². The van der Waals surface area contributed by atoms with Gasteiger partial charge in [-0.25, -0.2) is 4.79 Å². The molecule has 1 aromatic heterocycles. The van der Waals surface area contributed by atoms with Crippen LogP contribution in [-0.4, -0.2) is 71.3 Å². The van der Waals surface area contributed by atoms with E-state index in [2.05, 4.69) is 14.8 Å². The van der Waals surface area contributed by atoms with E-state index in [1.54, 1.807) is 17.7 Å². The van der Waals surface area contributed by atoms with E-state index in [9.17, 15) is 9.59 Å². The fraction of sp³-hybridized carbons (Fsp3) is 0.778. The normalized spacial score (nSPS) is 22.5. The maximum Gasteiger partial charge on any atom is 0.328 e. The average Bonchev–Trinajstić information content (AvgIpc) is 3.10. The fourth-order valence-corrected chi connectivity index (χ4v) is 3.67. The van der Waals surface area contributed by atoms with Crippen LogP contribution in [0.3, 0.4) is 0 Å². The number of nitrogens with zero attached hydrogens (tertiary/aromatic N) is 3. The molecule has 3 rings (SSSR count). The number of aromatic amines is 1. The largest absolute Gasteiger partial charge is 0.377 e. The molecule has 2 aliphatic heterocycles. The van der Waals surface area contributed by atoms with E-state index in [0.29, 0.717) is 18.2 Å². The topological polar surface area (TPSA) is 70.6 Å². The van der Waals surface area contributed by atoms with Crippen molar-refractivity contribution in [2.75, 3.05) is 45.9 Å². The summed E-state index contributed by atoms with van der Waals surface area (Å²) < 4.78 is 7.33. The van der Waals surface area contributed by atoms with Crippen molar-refractivity contribution < 1.29 is 4.74 Å². The zero-order chi connectivity index (χ0) is 17.6. The van der Waals surface area contributed by atoms with Crippen molar-refractivity contribution in [2.45, 2.75) is 45.3 Å². The molecule has 0 spiro atoms. The highest BCUT2D eigenvalue weighted by Crippen LogP contribution is 2.14. The third-order valence-corrected chi connectivity index (χ3v) is 5.26. The molecular weight excluding hydrogens is 320 g/mol. The third-order valence-electron chi connectivity index (χ3n) is 5.26. The van der Waals surface area contributed by atoms with Crippen molar-refractivity contribution >= 4 is 0 Å². The molecule has 2 saturated heterocycles. The van der Waals surface area contributed by atoms with Crippen LogP contribution >= 0.6 is 0 Å². The molecule has 7 nitrogen and oxygen atoms in total. The molecule has 0 bridgehead atoms. The Balaban J connectivity index is 1.33. The summed E-state index contributed by atoms with van der Waals surface area (Å²) in [4.78, 5) is 30.5. The molecule has 0 saturated carbocycles. The summed E-state index contributed by atoms with van der Waals surface area (Å²) in [6.45, 7) is 9.96. The molecule has 1 aromatic rings. The minimum Gasteiger partial charge on any atom is -0.377 e. The average molecular weight is 350 g/mol. The first-order chi connectivity index (χ1) is 12.1. The van der Waals surface area contributed by atoms with Crippen LogP contribution in [0, 0.1) is 6.92 Å². The van der Waals surface area contributed by atoms with Crippen LogP contribution in [-0.2, 0) is 11.3 Å². The van der Waals surface area contributed by atoms with Gasteiger partial charge in [-0.15, -0.1) is 0 Å². The molecule has 0 aliphatic carbocycles. The monoisotopic (exact) mass is 350 g/mol. The van der Waals surface area contributed by atoms with Crippen molar-refractivity contribution in [3.63, 3.8) is 0 Å². The predicted molar refractivity (Wildman–Crippen MR) is 97.1 cm³/mol. The number of unbranched alkanes of at least 4 members (excludes halogenated alkanes) is 1. The van der Waals surface area contributed by atoms with Crippen LogP contribution < -0.4 is 11.2 Å². The Morgan fingerprint density at radius 3 is 2.56 bits per heavy atom. The molecule has 25 heavy (non-hydrogen) atoms. The van der Waals surface area contributed by atoms with Gasteiger partial charge in [0.1, 0.15) is 0 Å². The van der Waals surface area contributed by atoms with E-state index in [1.165, 1.54) is 12.8 Å². The molecule has 140 valence electrons. The summed E-state index contributed by atoms with van der Waals surface area (Å²) in [6, 6.07) is 0. The number of H-pyrrole nitrogens is 1. The summed E-state index contributed by atoms with van der Waals surface area (Å²) in [5, 5.41) is 0. The Hall–Kier alpha value is -1.44. The smallest absolute Gasteiger partial charge is 0.328 e. The molecule has 1 N–H and O–H groups in total.